The highest BCUT2D eigenvalue weighted by molar-refractivity contribution is 8.00. The Hall–Kier alpha value is -0.220. The third kappa shape index (κ3) is 4.49. The van der Waals surface area contributed by atoms with Gasteiger partial charge in [0.15, 0.2) is 0 Å². The zero-order valence-electron chi connectivity index (χ0n) is 16.0. The van der Waals surface area contributed by atoms with Gasteiger partial charge in [-0.15, -0.1) is 0 Å². The molecule has 0 aromatic rings. The number of hydrogen-bond donors (Lipinski definition) is 0. The number of rotatable bonds is 2. The van der Waals surface area contributed by atoms with Crippen molar-refractivity contribution in [3.8, 4) is 0 Å². The van der Waals surface area contributed by atoms with Crippen molar-refractivity contribution in [1.29, 1.82) is 0 Å². The van der Waals surface area contributed by atoms with Gasteiger partial charge in [0.1, 0.15) is 0 Å². The van der Waals surface area contributed by atoms with Crippen molar-refractivity contribution >= 4 is 17.7 Å². The van der Waals surface area contributed by atoms with E-state index in [0.29, 0.717) is 10.7 Å². The molecule has 138 valence electrons. The van der Waals surface area contributed by atoms with Crippen LogP contribution in [0.4, 0.5) is 0 Å². The molecule has 0 unspecified atom stereocenters. The second-order valence-corrected chi connectivity index (χ2v) is 10.9. The van der Waals surface area contributed by atoms with Crippen molar-refractivity contribution in [1.82, 2.24) is 9.80 Å². The summed E-state index contributed by atoms with van der Waals surface area (Å²) in [5.41, 5.74) is -0.232. The first-order valence-electron chi connectivity index (χ1n) is 10.0. The predicted octanol–water partition coefficient (Wildman–Crippen LogP) is 4.02. The van der Waals surface area contributed by atoms with E-state index in [1.165, 1.54) is 70.3 Å². The summed E-state index contributed by atoms with van der Waals surface area (Å²) in [6.07, 6.45) is 9.58. The van der Waals surface area contributed by atoms with E-state index in [0.717, 1.165) is 19.0 Å². The van der Waals surface area contributed by atoms with Gasteiger partial charge < -0.3 is 9.80 Å². The van der Waals surface area contributed by atoms with E-state index in [9.17, 15) is 4.79 Å². The van der Waals surface area contributed by atoms with Crippen LogP contribution in [-0.2, 0) is 4.79 Å². The Bertz CT molecular complexity index is 426. The molecule has 1 saturated carbocycles. The van der Waals surface area contributed by atoms with Crippen molar-refractivity contribution in [3.63, 3.8) is 0 Å². The molecule has 3 nitrogen and oxygen atoms in total. The first-order chi connectivity index (χ1) is 11.4. The minimum atomic E-state index is -0.232. The van der Waals surface area contributed by atoms with Crippen molar-refractivity contribution in [3.05, 3.63) is 0 Å². The number of amides is 1. The second kappa shape index (κ2) is 7.57. The van der Waals surface area contributed by atoms with Gasteiger partial charge >= 0.3 is 0 Å². The van der Waals surface area contributed by atoms with Crippen LogP contribution in [0.3, 0.4) is 0 Å². The minimum absolute atomic E-state index is 0.232. The van der Waals surface area contributed by atoms with Gasteiger partial charge in [0.2, 0.25) is 5.91 Å². The Morgan fingerprint density at radius 1 is 1.08 bits per heavy atom. The average Bonchev–Trinajstić information content (AvgIpc) is 2.55. The minimum Gasteiger partial charge on any atom is -0.342 e. The summed E-state index contributed by atoms with van der Waals surface area (Å²) in [5.74, 6) is 2.44. The summed E-state index contributed by atoms with van der Waals surface area (Å²) >= 11 is 2.26. The van der Waals surface area contributed by atoms with Gasteiger partial charge in [-0.2, -0.15) is 11.8 Å². The molecule has 2 aliphatic heterocycles. The molecule has 24 heavy (non-hydrogen) atoms. The molecular formula is C20H36N2OS. The van der Waals surface area contributed by atoms with Crippen molar-refractivity contribution in [2.75, 3.05) is 38.5 Å². The SMILES string of the molecule is CC(C)(C)C(=O)N1CCC(CN2CCSC3(CCCCC3)C2)CC1. The van der Waals surface area contributed by atoms with Gasteiger partial charge in [0, 0.05) is 48.6 Å². The zero-order valence-corrected chi connectivity index (χ0v) is 16.8. The summed E-state index contributed by atoms with van der Waals surface area (Å²) < 4.78 is 0.583. The monoisotopic (exact) mass is 352 g/mol. The normalized spacial score (nSPS) is 26.7. The molecule has 1 aliphatic carbocycles. The average molecular weight is 353 g/mol. The number of carbonyl (C=O) groups excluding carboxylic acids is 1. The highest BCUT2D eigenvalue weighted by Gasteiger charge is 2.38. The summed E-state index contributed by atoms with van der Waals surface area (Å²) in [5, 5.41) is 0. The Labute approximate surface area is 152 Å². The quantitative estimate of drug-likeness (QED) is 0.750. The first-order valence-corrected chi connectivity index (χ1v) is 11.0. The molecule has 3 aliphatic rings. The summed E-state index contributed by atoms with van der Waals surface area (Å²) in [6.45, 7) is 11.9. The first kappa shape index (κ1) is 18.6. The van der Waals surface area contributed by atoms with E-state index in [1.807, 2.05) is 20.8 Å². The third-order valence-electron chi connectivity index (χ3n) is 6.15. The molecule has 0 atom stereocenters. The van der Waals surface area contributed by atoms with E-state index in [-0.39, 0.29) is 5.41 Å². The standard InChI is InChI=1S/C20H36N2OS/c1-19(2,3)18(23)22-11-7-17(8-12-22)15-21-13-14-24-20(16-21)9-5-4-6-10-20/h17H,4-16H2,1-3H3. The van der Waals surface area contributed by atoms with Crippen molar-refractivity contribution < 1.29 is 4.79 Å². The maximum atomic E-state index is 12.4. The molecular weight excluding hydrogens is 316 g/mol. The van der Waals surface area contributed by atoms with Crippen LogP contribution in [0.5, 0.6) is 0 Å². The molecule has 3 rings (SSSR count). The maximum absolute atomic E-state index is 12.4. The summed E-state index contributed by atoms with van der Waals surface area (Å²) in [7, 11) is 0. The Kier molecular flexibility index (Phi) is 5.86. The van der Waals surface area contributed by atoms with Crippen LogP contribution in [0.2, 0.25) is 0 Å². The molecule has 0 aromatic carbocycles. The molecule has 0 aromatic heterocycles. The van der Waals surface area contributed by atoms with Gasteiger partial charge in [-0.1, -0.05) is 40.0 Å². The molecule has 2 heterocycles. The molecule has 1 amide bonds. The Morgan fingerprint density at radius 2 is 1.75 bits per heavy atom. The van der Waals surface area contributed by atoms with Crippen LogP contribution in [0.25, 0.3) is 0 Å². The van der Waals surface area contributed by atoms with E-state index in [2.05, 4.69) is 21.6 Å². The van der Waals surface area contributed by atoms with E-state index in [1.54, 1.807) is 0 Å². The molecule has 0 N–H and O–H groups in total. The van der Waals surface area contributed by atoms with E-state index >= 15 is 0 Å². The Balaban J connectivity index is 1.47. The lowest BCUT2D eigenvalue weighted by Crippen LogP contribution is -2.50. The highest BCUT2D eigenvalue weighted by atomic mass is 32.2. The number of nitrogens with zero attached hydrogens (tertiary/aromatic N) is 2. The fourth-order valence-electron chi connectivity index (χ4n) is 4.74. The van der Waals surface area contributed by atoms with Gasteiger partial charge in [-0.25, -0.2) is 0 Å². The zero-order chi connectivity index (χ0) is 17.2. The molecule has 0 radical (unpaired) electrons. The summed E-state index contributed by atoms with van der Waals surface area (Å²) in [4.78, 5) is 17.3. The predicted molar refractivity (Wildman–Crippen MR) is 103 cm³/mol. The fourth-order valence-corrected chi connectivity index (χ4v) is 6.37. The number of carbonyl (C=O) groups is 1. The molecule has 2 saturated heterocycles. The van der Waals surface area contributed by atoms with Gasteiger partial charge in [-0.3, -0.25) is 4.79 Å². The maximum Gasteiger partial charge on any atom is 0.227 e. The molecule has 4 heteroatoms. The number of likely N-dealkylation sites (tertiary alicyclic amines) is 1. The lowest BCUT2D eigenvalue weighted by molar-refractivity contribution is -0.141. The van der Waals surface area contributed by atoms with Crippen LogP contribution in [-0.4, -0.2) is 58.9 Å². The lowest BCUT2D eigenvalue weighted by atomic mass is 9.87. The van der Waals surface area contributed by atoms with Crippen LogP contribution in [0.15, 0.2) is 0 Å². The van der Waals surface area contributed by atoms with E-state index < -0.39 is 0 Å². The van der Waals surface area contributed by atoms with Gasteiger partial charge in [0.25, 0.3) is 0 Å². The van der Waals surface area contributed by atoms with E-state index in [4.69, 9.17) is 0 Å². The van der Waals surface area contributed by atoms with Crippen LogP contribution < -0.4 is 0 Å². The van der Waals surface area contributed by atoms with Crippen LogP contribution >= 0.6 is 11.8 Å². The third-order valence-corrected chi connectivity index (χ3v) is 7.69. The number of thioether (sulfide) groups is 1. The smallest absolute Gasteiger partial charge is 0.227 e. The number of hydrogen-bond acceptors (Lipinski definition) is 3. The second-order valence-electron chi connectivity index (χ2n) is 9.31. The van der Waals surface area contributed by atoms with Crippen molar-refractivity contribution in [2.24, 2.45) is 11.3 Å². The molecule has 1 spiro atoms. The number of piperidine rings is 1. The van der Waals surface area contributed by atoms with Crippen molar-refractivity contribution in [2.45, 2.75) is 70.5 Å². The van der Waals surface area contributed by atoms with Crippen LogP contribution in [0, 0.1) is 11.3 Å². The fraction of sp³-hybridized carbons (Fsp3) is 0.950. The van der Waals surface area contributed by atoms with Crippen LogP contribution in [0.1, 0.15) is 65.7 Å². The Morgan fingerprint density at radius 3 is 2.38 bits per heavy atom. The largest absolute Gasteiger partial charge is 0.342 e. The molecule has 3 fully saturated rings. The highest BCUT2D eigenvalue weighted by Crippen LogP contribution is 2.43. The molecule has 0 bridgehead atoms. The topological polar surface area (TPSA) is 23.6 Å². The lowest BCUT2D eigenvalue weighted by Gasteiger charge is -2.46. The summed E-state index contributed by atoms with van der Waals surface area (Å²) in [6, 6.07) is 0. The van der Waals surface area contributed by atoms with Gasteiger partial charge in [0.05, 0.1) is 0 Å². The van der Waals surface area contributed by atoms with Gasteiger partial charge in [-0.05, 0) is 31.6 Å².